The quantitative estimate of drug-likeness (QED) is 0.769. The Kier molecular flexibility index (Phi) is 2.76. The minimum absolute atomic E-state index is 0.0814. The van der Waals surface area contributed by atoms with Crippen LogP contribution in [-0.2, 0) is 0 Å². The number of benzene rings is 2. The number of para-hydroxylation sites is 1. The van der Waals surface area contributed by atoms with E-state index >= 15 is 0 Å². The minimum atomic E-state index is 0.0814. The van der Waals surface area contributed by atoms with Crippen molar-refractivity contribution in [1.82, 2.24) is 0 Å². The van der Waals surface area contributed by atoms with E-state index in [0.29, 0.717) is 0 Å². The normalized spacial score (nSPS) is 16.1. The van der Waals surface area contributed by atoms with E-state index in [9.17, 15) is 4.79 Å². The van der Waals surface area contributed by atoms with Crippen LogP contribution in [0.1, 0.15) is 21.5 Å². The number of carbonyl (C=O) groups excluding carboxylic acids is 1. The molecule has 3 rings (SSSR count). The highest BCUT2D eigenvalue weighted by molar-refractivity contribution is 8.27. The van der Waals surface area contributed by atoms with Gasteiger partial charge in [-0.15, -0.1) is 0 Å². The number of fused-ring (bicyclic) bond motifs is 1. The molecule has 0 saturated carbocycles. The average Bonchev–Trinajstić information content (AvgIpc) is 2.70. The van der Waals surface area contributed by atoms with Crippen molar-refractivity contribution >= 4 is 27.6 Å². The van der Waals surface area contributed by atoms with Crippen LogP contribution in [0.15, 0.2) is 53.5 Å². The van der Waals surface area contributed by atoms with E-state index in [0.717, 1.165) is 27.4 Å². The lowest BCUT2D eigenvalue weighted by Crippen LogP contribution is -1.90. The lowest BCUT2D eigenvalue weighted by molar-refractivity contribution is 0.109. The van der Waals surface area contributed by atoms with Gasteiger partial charge in [-0.2, -0.15) is 0 Å². The smallest absolute Gasteiger partial charge is 0.226 e. The third-order valence-corrected chi connectivity index (χ3v) is 3.81. The van der Waals surface area contributed by atoms with Crippen molar-refractivity contribution in [2.24, 2.45) is 4.99 Å². The molecule has 0 spiro atoms. The maximum Gasteiger partial charge on any atom is 0.226 e. The molecule has 0 bridgehead atoms. The number of aliphatic imine (C=N–C) groups is 1. The molecule has 3 heteroatoms. The van der Waals surface area contributed by atoms with E-state index in [1.54, 1.807) is 0 Å². The average molecular weight is 253 g/mol. The van der Waals surface area contributed by atoms with Crippen molar-refractivity contribution < 1.29 is 4.79 Å². The van der Waals surface area contributed by atoms with Crippen molar-refractivity contribution in [3.8, 4) is 0 Å². The summed E-state index contributed by atoms with van der Waals surface area (Å²) in [6.45, 7) is 2.02. The van der Waals surface area contributed by atoms with Crippen molar-refractivity contribution in [1.29, 1.82) is 0 Å². The van der Waals surface area contributed by atoms with E-state index in [4.69, 9.17) is 0 Å². The van der Waals surface area contributed by atoms with Gasteiger partial charge in [0.2, 0.25) is 5.12 Å². The Labute approximate surface area is 110 Å². The van der Waals surface area contributed by atoms with Crippen LogP contribution >= 0.6 is 11.8 Å². The van der Waals surface area contributed by atoms with Crippen LogP contribution in [-0.4, -0.2) is 10.2 Å². The molecule has 0 atom stereocenters. The van der Waals surface area contributed by atoms with Crippen LogP contribution in [0.2, 0.25) is 0 Å². The van der Waals surface area contributed by atoms with Gasteiger partial charge in [0.1, 0.15) is 5.04 Å². The third-order valence-electron chi connectivity index (χ3n) is 2.90. The molecule has 0 fully saturated rings. The molecule has 1 aliphatic heterocycles. The molecule has 0 unspecified atom stereocenters. The van der Waals surface area contributed by atoms with E-state index in [2.05, 4.69) is 4.99 Å². The number of carbonyl (C=O) groups is 1. The highest BCUT2D eigenvalue weighted by Gasteiger charge is 2.26. The van der Waals surface area contributed by atoms with E-state index < -0.39 is 0 Å². The number of thioether (sulfide) groups is 1. The van der Waals surface area contributed by atoms with E-state index in [1.807, 2.05) is 55.5 Å². The molecule has 1 heterocycles. The van der Waals surface area contributed by atoms with Gasteiger partial charge in [0.15, 0.2) is 0 Å². The van der Waals surface area contributed by atoms with Gasteiger partial charge in [-0.3, -0.25) is 4.79 Å². The van der Waals surface area contributed by atoms with Crippen LogP contribution in [0.3, 0.4) is 0 Å². The number of hydrogen-bond donors (Lipinski definition) is 0. The van der Waals surface area contributed by atoms with Crippen LogP contribution in [0.25, 0.3) is 0 Å². The zero-order valence-electron chi connectivity index (χ0n) is 9.88. The standard InChI is InChI=1S/C15H11NOS/c1-10-6-2-5-9-13(10)16-14-11-7-3-4-8-12(11)15(17)18-14/h2-9H,1H3. The molecule has 2 aromatic carbocycles. The summed E-state index contributed by atoms with van der Waals surface area (Å²) in [6.07, 6.45) is 0. The van der Waals surface area contributed by atoms with Crippen molar-refractivity contribution in [3.63, 3.8) is 0 Å². The SMILES string of the molecule is Cc1ccccc1N=C1SC(=O)c2ccccc21. The van der Waals surface area contributed by atoms with Gasteiger partial charge in [-0.05, 0) is 36.4 Å². The predicted molar refractivity (Wildman–Crippen MR) is 75.7 cm³/mol. The Balaban J connectivity index is 2.11. The molecule has 0 N–H and O–H groups in total. The fraction of sp³-hybridized carbons (Fsp3) is 0.0667. The van der Waals surface area contributed by atoms with Crippen LogP contribution in [0.4, 0.5) is 5.69 Å². The third kappa shape index (κ3) is 1.87. The highest BCUT2D eigenvalue weighted by Crippen LogP contribution is 2.32. The Morgan fingerprint density at radius 2 is 1.61 bits per heavy atom. The molecule has 88 valence electrons. The summed E-state index contributed by atoms with van der Waals surface area (Å²) in [4.78, 5) is 16.4. The van der Waals surface area contributed by atoms with Gasteiger partial charge >= 0.3 is 0 Å². The molecule has 0 aromatic heterocycles. The summed E-state index contributed by atoms with van der Waals surface area (Å²) in [6, 6.07) is 15.6. The summed E-state index contributed by atoms with van der Waals surface area (Å²) in [5, 5.41) is 0.878. The first-order chi connectivity index (χ1) is 8.75. The highest BCUT2D eigenvalue weighted by atomic mass is 32.2. The lowest BCUT2D eigenvalue weighted by atomic mass is 10.1. The fourth-order valence-corrected chi connectivity index (χ4v) is 2.82. The molecule has 18 heavy (non-hydrogen) atoms. The maximum absolute atomic E-state index is 11.8. The first-order valence-corrected chi connectivity index (χ1v) is 6.53. The first kappa shape index (κ1) is 11.2. The zero-order chi connectivity index (χ0) is 12.5. The van der Waals surface area contributed by atoms with Crippen molar-refractivity contribution in [3.05, 3.63) is 65.2 Å². The fourth-order valence-electron chi connectivity index (χ4n) is 1.93. The second-order valence-corrected chi connectivity index (χ2v) is 5.10. The molecule has 2 aromatic rings. The molecule has 0 amide bonds. The molecule has 0 saturated heterocycles. The number of rotatable bonds is 1. The molecule has 0 aliphatic carbocycles. The minimum Gasteiger partial charge on any atom is -0.281 e. The Hall–Kier alpha value is -1.87. The molecule has 1 aliphatic rings. The van der Waals surface area contributed by atoms with Crippen LogP contribution < -0.4 is 0 Å². The predicted octanol–water partition coefficient (Wildman–Crippen LogP) is 3.96. The Morgan fingerprint density at radius 3 is 2.39 bits per heavy atom. The summed E-state index contributed by atoms with van der Waals surface area (Å²) in [5.74, 6) is 0. The summed E-state index contributed by atoms with van der Waals surface area (Å²) >= 11 is 1.21. The molecule has 0 radical (unpaired) electrons. The summed E-state index contributed by atoms with van der Waals surface area (Å²) in [7, 11) is 0. The van der Waals surface area contributed by atoms with Crippen LogP contribution in [0, 0.1) is 6.92 Å². The summed E-state index contributed by atoms with van der Waals surface area (Å²) in [5.41, 5.74) is 3.73. The molecule has 2 nitrogen and oxygen atoms in total. The van der Waals surface area contributed by atoms with Gasteiger partial charge in [-0.1, -0.05) is 36.4 Å². The monoisotopic (exact) mass is 253 g/mol. The second-order valence-electron chi connectivity index (χ2n) is 4.14. The zero-order valence-corrected chi connectivity index (χ0v) is 10.7. The van der Waals surface area contributed by atoms with Gasteiger partial charge < -0.3 is 0 Å². The van der Waals surface area contributed by atoms with Gasteiger partial charge in [0.25, 0.3) is 0 Å². The topological polar surface area (TPSA) is 29.4 Å². The largest absolute Gasteiger partial charge is 0.281 e. The maximum atomic E-state index is 11.8. The first-order valence-electron chi connectivity index (χ1n) is 5.71. The second kappa shape index (κ2) is 4.42. The van der Waals surface area contributed by atoms with Crippen LogP contribution in [0.5, 0.6) is 0 Å². The Bertz CT molecular complexity index is 661. The van der Waals surface area contributed by atoms with E-state index in [1.165, 1.54) is 11.8 Å². The number of hydrogen-bond acceptors (Lipinski definition) is 3. The van der Waals surface area contributed by atoms with E-state index in [-0.39, 0.29) is 5.12 Å². The lowest BCUT2D eigenvalue weighted by Gasteiger charge is -2.01. The summed E-state index contributed by atoms with van der Waals surface area (Å²) < 4.78 is 0. The Morgan fingerprint density at radius 1 is 0.944 bits per heavy atom. The van der Waals surface area contributed by atoms with Gasteiger partial charge in [0, 0.05) is 11.1 Å². The number of aryl methyl sites for hydroxylation is 1. The van der Waals surface area contributed by atoms with Crippen molar-refractivity contribution in [2.75, 3.05) is 0 Å². The van der Waals surface area contributed by atoms with Gasteiger partial charge in [-0.25, -0.2) is 4.99 Å². The molecular formula is C15H11NOS. The number of nitrogens with zero attached hydrogens (tertiary/aromatic N) is 1. The van der Waals surface area contributed by atoms with Crippen molar-refractivity contribution in [2.45, 2.75) is 6.92 Å². The molecular weight excluding hydrogens is 242 g/mol. The van der Waals surface area contributed by atoms with Gasteiger partial charge in [0.05, 0.1) is 5.69 Å².